The first-order chi connectivity index (χ1) is 14.2. The summed E-state index contributed by atoms with van der Waals surface area (Å²) in [6.07, 6.45) is 4.64. The summed E-state index contributed by atoms with van der Waals surface area (Å²) in [6.45, 7) is 2.70. The third-order valence-electron chi connectivity index (χ3n) is 4.75. The first kappa shape index (κ1) is 19.3. The van der Waals surface area contributed by atoms with Gasteiger partial charge in [0.05, 0.1) is 5.56 Å². The van der Waals surface area contributed by atoms with E-state index in [0.717, 1.165) is 22.0 Å². The summed E-state index contributed by atoms with van der Waals surface area (Å²) in [4.78, 5) is 13.8. The molecule has 1 amide bonds. The molecular formula is C22H22N4O2S. The second-order valence-electron chi connectivity index (χ2n) is 6.67. The summed E-state index contributed by atoms with van der Waals surface area (Å²) in [6, 6.07) is 16.1. The van der Waals surface area contributed by atoms with Gasteiger partial charge in [0, 0.05) is 35.0 Å². The number of para-hydroxylation sites is 1. The first-order valence-corrected chi connectivity index (χ1v) is 10.7. The molecule has 0 unspecified atom stereocenters. The largest absolute Gasteiger partial charge is 0.421 e. The van der Waals surface area contributed by atoms with E-state index < -0.39 is 0 Å². The van der Waals surface area contributed by atoms with E-state index in [9.17, 15) is 4.79 Å². The van der Waals surface area contributed by atoms with Crippen molar-refractivity contribution in [2.45, 2.75) is 31.3 Å². The maximum Gasteiger partial charge on any atom is 0.249 e. The zero-order chi connectivity index (χ0) is 20.2. The summed E-state index contributed by atoms with van der Waals surface area (Å²) < 4.78 is 7.65. The average molecular weight is 407 g/mol. The van der Waals surface area contributed by atoms with Gasteiger partial charge in [0.2, 0.25) is 17.7 Å². The molecule has 2 aromatic heterocycles. The number of rotatable bonds is 7. The van der Waals surface area contributed by atoms with Crippen LogP contribution in [0, 0.1) is 0 Å². The van der Waals surface area contributed by atoms with E-state index in [4.69, 9.17) is 4.42 Å². The number of fused-ring (bicyclic) bond motifs is 1. The van der Waals surface area contributed by atoms with Gasteiger partial charge in [-0.05, 0) is 30.0 Å². The lowest BCUT2D eigenvalue weighted by Gasteiger charge is -2.08. The molecular weight excluding hydrogens is 384 g/mol. The Hall–Kier alpha value is -3.06. The van der Waals surface area contributed by atoms with Gasteiger partial charge in [0.1, 0.15) is 6.54 Å². The van der Waals surface area contributed by atoms with Gasteiger partial charge in [-0.1, -0.05) is 37.3 Å². The molecule has 0 saturated carbocycles. The quantitative estimate of drug-likeness (QED) is 0.464. The van der Waals surface area contributed by atoms with Gasteiger partial charge >= 0.3 is 0 Å². The molecule has 0 spiro atoms. The Morgan fingerprint density at radius 3 is 2.66 bits per heavy atom. The minimum absolute atomic E-state index is 0.0500. The topological polar surface area (TPSA) is 73.0 Å². The molecule has 6 nitrogen and oxygen atoms in total. The van der Waals surface area contributed by atoms with Crippen molar-refractivity contribution in [2.75, 3.05) is 6.26 Å². The van der Waals surface area contributed by atoms with Crippen LogP contribution >= 0.6 is 11.8 Å². The number of benzene rings is 2. The van der Waals surface area contributed by atoms with Gasteiger partial charge in [-0.15, -0.1) is 22.0 Å². The van der Waals surface area contributed by atoms with Gasteiger partial charge in [-0.3, -0.25) is 4.79 Å². The highest BCUT2D eigenvalue weighted by molar-refractivity contribution is 7.98. The zero-order valence-electron chi connectivity index (χ0n) is 16.4. The highest BCUT2D eigenvalue weighted by Gasteiger charge is 2.16. The number of nitrogens with zero attached hydrogens (tertiary/aromatic N) is 3. The summed E-state index contributed by atoms with van der Waals surface area (Å²) in [5, 5.41) is 12.2. The molecule has 0 aliphatic rings. The lowest BCUT2D eigenvalue weighted by atomic mass is 10.2. The average Bonchev–Trinajstić information content (AvgIpc) is 3.38. The van der Waals surface area contributed by atoms with Gasteiger partial charge in [0.25, 0.3) is 0 Å². The van der Waals surface area contributed by atoms with Crippen molar-refractivity contribution < 1.29 is 9.21 Å². The standard InChI is InChI=1S/C22H22N4O2S/c1-3-21-24-25-22(28-21)18-13-26(19-7-5-4-6-17(18)19)14-20(27)23-12-15-8-10-16(29-2)11-9-15/h4-11,13H,3,12,14H2,1-2H3,(H,23,27). The van der Waals surface area contributed by atoms with E-state index in [1.165, 1.54) is 4.90 Å². The second kappa shape index (κ2) is 8.53. The normalized spacial score (nSPS) is 11.1. The van der Waals surface area contributed by atoms with Crippen molar-refractivity contribution in [1.29, 1.82) is 0 Å². The van der Waals surface area contributed by atoms with Crippen LogP contribution in [0.2, 0.25) is 0 Å². The minimum Gasteiger partial charge on any atom is -0.421 e. The SMILES string of the molecule is CCc1nnc(-c2cn(CC(=O)NCc3ccc(SC)cc3)c3ccccc23)o1. The lowest BCUT2D eigenvalue weighted by Crippen LogP contribution is -2.26. The smallest absolute Gasteiger partial charge is 0.249 e. The monoisotopic (exact) mass is 406 g/mol. The van der Waals surface area contributed by atoms with Crippen LogP contribution in [-0.2, 0) is 24.3 Å². The van der Waals surface area contributed by atoms with Crippen LogP contribution in [0.25, 0.3) is 22.4 Å². The Morgan fingerprint density at radius 2 is 1.93 bits per heavy atom. The fraction of sp³-hybridized carbons (Fsp3) is 0.227. The molecule has 4 rings (SSSR count). The van der Waals surface area contributed by atoms with Crippen LogP contribution in [0.15, 0.2) is 64.0 Å². The van der Waals surface area contributed by atoms with Gasteiger partial charge in [0.15, 0.2) is 0 Å². The Balaban J connectivity index is 1.52. The third-order valence-corrected chi connectivity index (χ3v) is 5.49. The van der Waals surface area contributed by atoms with Crippen molar-refractivity contribution in [1.82, 2.24) is 20.1 Å². The Kier molecular flexibility index (Phi) is 5.67. The number of amides is 1. The Bertz CT molecular complexity index is 1130. The van der Waals surface area contributed by atoms with Crippen LogP contribution < -0.4 is 5.32 Å². The van der Waals surface area contributed by atoms with Crippen molar-refractivity contribution in [3.8, 4) is 11.5 Å². The van der Waals surface area contributed by atoms with E-state index >= 15 is 0 Å². The van der Waals surface area contributed by atoms with E-state index in [1.54, 1.807) is 11.8 Å². The van der Waals surface area contributed by atoms with Gasteiger partial charge in [-0.25, -0.2) is 0 Å². The molecule has 0 saturated heterocycles. The third kappa shape index (κ3) is 4.19. The fourth-order valence-corrected chi connectivity index (χ4v) is 3.62. The predicted molar refractivity (Wildman–Crippen MR) is 115 cm³/mol. The summed E-state index contributed by atoms with van der Waals surface area (Å²) in [7, 11) is 0. The molecule has 1 N–H and O–H groups in total. The van der Waals surface area contributed by atoms with E-state index in [1.807, 2.05) is 60.3 Å². The van der Waals surface area contributed by atoms with Crippen LogP contribution in [0.3, 0.4) is 0 Å². The Morgan fingerprint density at radius 1 is 1.14 bits per heavy atom. The number of hydrogen-bond acceptors (Lipinski definition) is 5. The van der Waals surface area contributed by atoms with Crippen LogP contribution in [0.4, 0.5) is 0 Å². The van der Waals surface area contributed by atoms with E-state index in [2.05, 4.69) is 27.6 Å². The number of thioether (sulfide) groups is 1. The van der Waals surface area contributed by atoms with Gasteiger partial charge in [-0.2, -0.15) is 0 Å². The van der Waals surface area contributed by atoms with Crippen LogP contribution in [0.5, 0.6) is 0 Å². The molecule has 4 aromatic rings. The molecule has 0 aliphatic heterocycles. The van der Waals surface area contributed by atoms with Gasteiger partial charge < -0.3 is 14.3 Å². The highest BCUT2D eigenvalue weighted by atomic mass is 32.2. The molecule has 2 heterocycles. The minimum atomic E-state index is -0.0500. The number of nitrogens with one attached hydrogen (secondary N) is 1. The molecule has 0 bridgehead atoms. The highest BCUT2D eigenvalue weighted by Crippen LogP contribution is 2.29. The predicted octanol–water partition coefficient (Wildman–Crippen LogP) is 4.29. The molecule has 0 aliphatic carbocycles. The first-order valence-electron chi connectivity index (χ1n) is 9.48. The zero-order valence-corrected chi connectivity index (χ0v) is 17.2. The molecule has 0 radical (unpaired) electrons. The molecule has 0 atom stereocenters. The number of carbonyl (C=O) groups excluding carboxylic acids is 1. The summed E-state index contributed by atoms with van der Waals surface area (Å²) >= 11 is 1.70. The second-order valence-corrected chi connectivity index (χ2v) is 7.55. The molecule has 29 heavy (non-hydrogen) atoms. The summed E-state index contributed by atoms with van der Waals surface area (Å²) in [5.41, 5.74) is 2.87. The summed E-state index contributed by atoms with van der Waals surface area (Å²) in [5.74, 6) is 1.03. The molecule has 0 fully saturated rings. The number of aryl methyl sites for hydroxylation is 1. The van der Waals surface area contributed by atoms with Crippen molar-refractivity contribution in [3.05, 3.63) is 66.2 Å². The number of aromatic nitrogens is 3. The van der Waals surface area contributed by atoms with Crippen LogP contribution in [-0.4, -0.2) is 26.9 Å². The molecule has 7 heteroatoms. The van der Waals surface area contributed by atoms with Crippen molar-refractivity contribution >= 4 is 28.6 Å². The maximum atomic E-state index is 12.6. The van der Waals surface area contributed by atoms with Crippen molar-refractivity contribution in [2.24, 2.45) is 0 Å². The van der Waals surface area contributed by atoms with Crippen molar-refractivity contribution in [3.63, 3.8) is 0 Å². The van der Waals surface area contributed by atoms with Crippen LogP contribution in [0.1, 0.15) is 18.4 Å². The molecule has 2 aromatic carbocycles. The Labute approximate surface area is 173 Å². The van der Waals surface area contributed by atoms with E-state index in [0.29, 0.717) is 24.7 Å². The van der Waals surface area contributed by atoms with E-state index in [-0.39, 0.29) is 12.5 Å². The number of hydrogen-bond donors (Lipinski definition) is 1. The molecule has 148 valence electrons. The lowest BCUT2D eigenvalue weighted by molar-refractivity contribution is -0.121. The number of carbonyl (C=O) groups is 1. The fourth-order valence-electron chi connectivity index (χ4n) is 3.21. The maximum absolute atomic E-state index is 12.6.